The van der Waals surface area contributed by atoms with Gasteiger partial charge in [0.25, 0.3) is 5.56 Å². The highest BCUT2D eigenvalue weighted by Gasteiger charge is 2.11. The number of likely N-dealkylation sites (N-methyl/N-ethyl adjacent to an activating group) is 1. The Labute approximate surface area is 114 Å². The van der Waals surface area contributed by atoms with E-state index in [9.17, 15) is 4.79 Å². The van der Waals surface area contributed by atoms with E-state index >= 15 is 0 Å². The molecule has 0 radical (unpaired) electrons. The molecule has 0 aliphatic rings. The van der Waals surface area contributed by atoms with Crippen LogP contribution >= 0.6 is 15.9 Å². The second-order valence-corrected chi connectivity index (χ2v) is 5.09. The van der Waals surface area contributed by atoms with Gasteiger partial charge in [-0.05, 0) is 45.1 Å². The van der Waals surface area contributed by atoms with E-state index in [1.54, 1.807) is 0 Å². The molecule has 0 saturated heterocycles. The fraction of sp³-hybridized carbons (Fsp3) is 0.308. The predicted molar refractivity (Wildman–Crippen MR) is 76.5 cm³/mol. The number of aromatic amines is 1. The molecular weight excluding hydrogens is 294 g/mol. The van der Waals surface area contributed by atoms with E-state index in [0.29, 0.717) is 0 Å². The standard InChI is InChI=1S/C13H16BrN3O/c1-9-12(6-7-15-2)13(18)16-17(9)11-5-3-4-10(14)8-11/h3-5,8,15H,6-7H2,1-2H3,(H,16,18). The molecule has 1 aromatic heterocycles. The number of aromatic nitrogens is 2. The maximum Gasteiger partial charge on any atom is 0.267 e. The van der Waals surface area contributed by atoms with Crippen molar-refractivity contribution in [1.82, 2.24) is 15.1 Å². The third-order valence-electron chi connectivity index (χ3n) is 2.95. The van der Waals surface area contributed by atoms with Gasteiger partial charge < -0.3 is 5.32 Å². The van der Waals surface area contributed by atoms with Gasteiger partial charge in [0.05, 0.1) is 5.69 Å². The lowest BCUT2D eigenvalue weighted by Crippen LogP contribution is -2.15. The van der Waals surface area contributed by atoms with Crippen molar-refractivity contribution < 1.29 is 0 Å². The van der Waals surface area contributed by atoms with Gasteiger partial charge in [0.2, 0.25) is 0 Å². The van der Waals surface area contributed by atoms with E-state index in [1.807, 2.05) is 42.9 Å². The summed E-state index contributed by atoms with van der Waals surface area (Å²) in [6, 6.07) is 7.85. The van der Waals surface area contributed by atoms with Crippen LogP contribution in [-0.2, 0) is 6.42 Å². The van der Waals surface area contributed by atoms with Crippen LogP contribution in [0.15, 0.2) is 33.5 Å². The molecule has 2 N–H and O–H groups in total. The Balaban J connectivity index is 2.44. The van der Waals surface area contributed by atoms with Crippen molar-refractivity contribution in [2.45, 2.75) is 13.3 Å². The molecule has 96 valence electrons. The molecule has 4 nitrogen and oxygen atoms in total. The fourth-order valence-corrected chi connectivity index (χ4v) is 2.36. The molecule has 0 fully saturated rings. The molecule has 0 spiro atoms. The Morgan fingerprint density at radius 1 is 1.44 bits per heavy atom. The zero-order valence-corrected chi connectivity index (χ0v) is 12.0. The molecule has 5 heteroatoms. The molecule has 0 saturated carbocycles. The van der Waals surface area contributed by atoms with Crippen molar-refractivity contribution in [2.75, 3.05) is 13.6 Å². The van der Waals surface area contributed by atoms with Gasteiger partial charge in [-0.1, -0.05) is 22.0 Å². The first-order valence-electron chi connectivity index (χ1n) is 5.84. The summed E-state index contributed by atoms with van der Waals surface area (Å²) in [7, 11) is 1.88. The Morgan fingerprint density at radius 3 is 2.89 bits per heavy atom. The Bertz CT molecular complexity index is 601. The van der Waals surface area contributed by atoms with E-state index in [2.05, 4.69) is 26.3 Å². The van der Waals surface area contributed by atoms with E-state index in [-0.39, 0.29) is 5.56 Å². The number of nitrogens with one attached hydrogen (secondary N) is 2. The van der Waals surface area contributed by atoms with Crippen LogP contribution in [0.2, 0.25) is 0 Å². The van der Waals surface area contributed by atoms with Gasteiger partial charge in [-0.25, -0.2) is 0 Å². The SMILES string of the molecule is CNCCc1c(C)n(-c2cccc(Br)c2)[nH]c1=O. The van der Waals surface area contributed by atoms with Gasteiger partial charge >= 0.3 is 0 Å². The van der Waals surface area contributed by atoms with Crippen molar-refractivity contribution in [3.63, 3.8) is 0 Å². The Morgan fingerprint density at radius 2 is 2.22 bits per heavy atom. The number of nitrogens with zero attached hydrogens (tertiary/aromatic N) is 1. The summed E-state index contributed by atoms with van der Waals surface area (Å²) in [5, 5.41) is 5.94. The van der Waals surface area contributed by atoms with E-state index in [0.717, 1.165) is 34.4 Å². The quantitative estimate of drug-likeness (QED) is 0.907. The molecule has 1 aromatic carbocycles. The fourth-order valence-electron chi connectivity index (χ4n) is 1.97. The van der Waals surface area contributed by atoms with Crippen LogP contribution in [0, 0.1) is 6.92 Å². The summed E-state index contributed by atoms with van der Waals surface area (Å²) >= 11 is 3.44. The van der Waals surface area contributed by atoms with Crippen molar-refractivity contribution in [1.29, 1.82) is 0 Å². The zero-order valence-electron chi connectivity index (χ0n) is 10.5. The highest BCUT2D eigenvalue weighted by atomic mass is 79.9. The van der Waals surface area contributed by atoms with Crippen molar-refractivity contribution >= 4 is 15.9 Å². The maximum absolute atomic E-state index is 11.9. The number of hydrogen-bond donors (Lipinski definition) is 2. The summed E-state index contributed by atoms with van der Waals surface area (Å²) in [6.45, 7) is 2.76. The van der Waals surface area contributed by atoms with Gasteiger partial charge in [-0.2, -0.15) is 0 Å². The van der Waals surface area contributed by atoms with E-state index in [1.165, 1.54) is 0 Å². The van der Waals surface area contributed by atoms with Gasteiger partial charge in [0.15, 0.2) is 0 Å². The smallest absolute Gasteiger partial charge is 0.267 e. The number of hydrogen-bond acceptors (Lipinski definition) is 2. The molecule has 2 rings (SSSR count). The first kappa shape index (κ1) is 13.1. The molecule has 0 aliphatic carbocycles. The third-order valence-corrected chi connectivity index (χ3v) is 3.44. The lowest BCUT2D eigenvalue weighted by atomic mass is 10.2. The molecule has 1 heterocycles. The molecule has 18 heavy (non-hydrogen) atoms. The predicted octanol–water partition coefficient (Wildman–Crippen LogP) is 2.00. The third kappa shape index (κ3) is 2.57. The number of halogens is 1. The molecule has 0 atom stereocenters. The summed E-state index contributed by atoms with van der Waals surface area (Å²) in [5.41, 5.74) is 2.75. The van der Waals surface area contributed by atoms with Gasteiger partial charge in [-0.15, -0.1) is 0 Å². The van der Waals surface area contributed by atoms with Crippen LogP contribution in [0.25, 0.3) is 5.69 Å². The largest absolute Gasteiger partial charge is 0.319 e. The van der Waals surface area contributed by atoms with Crippen molar-refractivity contribution in [2.24, 2.45) is 0 Å². The molecule has 0 unspecified atom stereocenters. The molecule has 0 aliphatic heterocycles. The van der Waals surface area contributed by atoms with Gasteiger partial charge in [0.1, 0.15) is 0 Å². The monoisotopic (exact) mass is 309 g/mol. The number of H-pyrrole nitrogens is 1. The number of rotatable bonds is 4. The average molecular weight is 310 g/mol. The van der Waals surface area contributed by atoms with Crippen LogP contribution in [-0.4, -0.2) is 23.4 Å². The minimum atomic E-state index is -0.0114. The van der Waals surface area contributed by atoms with Crippen molar-refractivity contribution in [3.8, 4) is 5.69 Å². The summed E-state index contributed by atoms with van der Waals surface area (Å²) < 4.78 is 2.82. The van der Waals surface area contributed by atoms with Crippen LogP contribution < -0.4 is 10.9 Å². The highest BCUT2D eigenvalue weighted by Crippen LogP contribution is 2.16. The van der Waals surface area contributed by atoms with E-state index < -0.39 is 0 Å². The number of benzene rings is 1. The highest BCUT2D eigenvalue weighted by molar-refractivity contribution is 9.10. The summed E-state index contributed by atoms with van der Waals surface area (Å²) in [6.07, 6.45) is 0.735. The zero-order chi connectivity index (χ0) is 13.1. The normalized spacial score (nSPS) is 10.8. The van der Waals surface area contributed by atoms with Crippen LogP contribution in [0.1, 0.15) is 11.3 Å². The Hall–Kier alpha value is -1.33. The lowest BCUT2D eigenvalue weighted by Gasteiger charge is -2.06. The molecule has 2 aromatic rings. The average Bonchev–Trinajstić information content (AvgIpc) is 2.63. The van der Waals surface area contributed by atoms with Crippen molar-refractivity contribution in [3.05, 3.63) is 50.3 Å². The minimum Gasteiger partial charge on any atom is -0.319 e. The van der Waals surface area contributed by atoms with E-state index in [4.69, 9.17) is 0 Å². The topological polar surface area (TPSA) is 49.8 Å². The Kier molecular flexibility index (Phi) is 4.04. The lowest BCUT2D eigenvalue weighted by molar-refractivity contribution is 0.783. The van der Waals surface area contributed by atoms with Gasteiger partial charge in [-0.3, -0.25) is 14.6 Å². The van der Waals surface area contributed by atoms with Gasteiger partial charge in [0, 0.05) is 15.7 Å². The summed E-state index contributed by atoms with van der Waals surface area (Å²) in [5.74, 6) is 0. The first-order valence-corrected chi connectivity index (χ1v) is 6.64. The minimum absolute atomic E-state index is 0.0114. The van der Waals surface area contributed by atoms with Crippen LogP contribution in [0.4, 0.5) is 0 Å². The first-order chi connectivity index (χ1) is 8.63. The second kappa shape index (κ2) is 5.54. The molecule has 0 bridgehead atoms. The van der Waals surface area contributed by atoms with Crippen LogP contribution in [0.5, 0.6) is 0 Å². The maximum atomic E-state index is 11.9. The van der Waals surface area contributed by atoms with Crippen LogP contribution in [0.3, 0.4) is 0 Å². The second-order valence-electron chi connectivity index (χ2n) is 4.17. The molecular formula is C13H16BrN3O. The summed E-state index contributed by atoms with van der Waals surface area (Å²) in [4.78, 5) is 11.9. The molecule has 0 amide bonds.